The van der Waals surface area contributed by atoms with Crippen LogP contribution in [0.4, 0.5) is 8.78 Å². The van der Waals surface area contributed by atoms with E-state index in [2.05, 4.69) is 19.1 Å². The van der Waals surface area contributed by atoms with E-state index in [4.69, 9.17) is 0 Å². The van der Waals surface area contributed by atoms with E-state index in [9.17, 15) is 8.78 Å². The molecule has 1 saturated carbocycles. The van der Waals surface area contributed by atoms with Crippen molar-refractivity contribution in [3.63, 3.8) is 0 Å². The zero-order valence-corrected chi connectivity index (χ0v) is 13.7. The summed E-state index contributed by atoms with van der Waals surface area (Å²) < 4.78 is 26.0. The van der Waals surface area contributed by atoms with Gasteiger partial charge in [0.2, 0.25) is 0 Å². The molecule has 2 rings (SSSR count). The van der Waals surface area contributed by atoms with Crippen molar-refractivity contribution in [1.29, 1.82) is 0 Å². The molecule has 2 heteroatoms. The van der Waals surface area contributed by atoms with Gasteiger partial charge < -0.3 is 0 Å². The fourth-order valence-corrected chi connectivity index (χ4v) is 3.42. The molecule has 1 aliphatic rings. The number of benzene rings is 1. The molecule has 0 nitrogen and oxygen atoms in total. The highest BCUT2D eigenvalue weighted by Gasteiger charge is 2.18. The first-order valence-corrected chi connectivity index (χ1v) is 8.79. The first-order valence-electron chi connectivity index (χ1n) is 8.79. The van der Waals surface area contributed by atoms with Gasteiger partial charge in [0.15, 0.2) is 11.6 Å². The van der Waals surface area contributed by atoms with Gasteiger partial charge in [0.1, 0.15) is 0 Å². The Hall–Kier alpha value is -1.18. The van der Waals surface area contributed by atoms with Crippen LogP contribution in [-0.2, 0) is 6.42 Å². The van der Waals surface area contributed by atoms with Crippen LogP contribution >= 0.6 is 0 Å². The van der Waals surface area contributed by atoms with Gasteiger partial charge >= 0.3 is 0 Å². The Morgan fingerprint density at radius 1 is 1.05 bits per heavy atom. The number of allylic oxidation sites excluding steroid dienone is 2. The molecule has 1 aromatic carbocycles. The van der Waals surface area contributed by atoms with Gasteiger partial charge in [-0.3, -0.25) is 0 Å². The van der Waals surface area contributed by atoms with Crippen LogP contribution in [0.5, 0.6) is 0 Å². The fraction of sp³-hybridized carbons (Fsp3) is 0.600. The highest BCUT2D eigenvalue weighted by molar-refractivity contribution is 5.20. The van der Waals surface area contributed by atoms with E-state index in [1.165, 1.54) is 63.5 Å². The summed E-state index contributed by atoms with van der Waals surface area (Å²) in [7, 11) is 0. The van der Waals surface area contributed by atoms with Crippen molar-refractivity contribution in [1.82, 2.24) is 0 Å². The highest BCUT2D eigenvalue weighted by atomic mass is 19.2. The second kappa shape index (κ2) is 9.07. The largest absolute Gasteiger partial charge is 0.204 e. The van der Waals surface area contributed by atoms with Gasteiger partial charge in [-0.05, 0) is 61.6 Å². The van der Waals surface area contributed by atoms with Crippen molar-refractivity contribution >= 4 is 0 Å². The van der Waals surface area contributed by atoms with E-state index >= 15 is 0 Å². The maximum atomic E-state index is 13.1. The Kier molecular flexibility index (Phi) is 7.08. The molecule has 0 aliphatic heterocycles. The van der Waals surface area contributed by atoms with Crippen LogP contribution in [0.15, 0.2) is 30.4 Å². The second-order valence-electron chi connectivity index (χ2n) is 6.66. The number of halogens is 2. The van der Waals surface area contributed by atoms with Crippen molar-refractivity contribution in [3.8, 4) is 0 Å². The number of rotatable bonds is 7. The van der Waals surface area contributed by atoms with Gasteiger partial charge in [-0.1, -0.05) is 50.8 Å². The van der Waals surface area contributed by atoms with Gasteiger partial charge in [-0.15, -0.1) is 0 Å². The Balaban J connectivity index is 1.70. The maximum absolute atomic E-state index is 13.1. The third-order valence-electron chi connectivity index (χ3n) is 4.85. The summed E-state index contributed by atoms with van der Waals surface area (Å²) in [5, 5.41) is 0. The molecule has 0 atom stereocenters. The van der Waals surface area contributed by atoms with Crippen molar-refractivity contribution in [2.75, 3.05) is 0 Å². The lowest BCUT2D eigenvalue weighted by Gasteiger charge is -2.26. The molecule has 0 aromatic heterocycles. The van der Waals surface area contributed by atoms with Crippen LogP contribution in [0.25, 0.3) is 0 Å². The van der Waals surface area contributed by atoms with E-state index in [0.717, 1.165) is 11.5 Å². The van der Waals surface area contributed by atoms with Crippen LogP contribution in [0, 0.1) is 23.5 Å². The van der Waals surface area contributed by atoms with Crippen molar-refractivity contribution < 1.29 is 8.78 Å². The van der Waals surface area contributed by atoms with Gasteiger partial charge in [-0.25, -0.2) is 8.78 Å². The number of hydrogen-bond acceptors (Lipinski definition) is 0. The maximum Gasteiger partial charge on any atom is 0.159 e. The van der Waals surface area contributed by atoms with Crippen molar-refractivity contribution in [2.45, 2.75) is 64.7 Å². The predicted octanol–water partition coefficient (Wildman–Crippen LogP) is 6.45. The van der Waals surface area contributed by atoms with Crippen molar-refractivity contribution in [3.05, 3.63) is 47.5 Å². The molecule has 0 radical (unpaired) electrons. The first kappa shape index (κ1) is 17.2. The smallest absolute Gasteiger partial charge is 0.159 e. The van der Waals surface area contributed by atoms with Crippen LogP contribution in [0.2, 0.25) is 0 Å². The molecule has 0 heterocycles. The summed E-state index contributed by atoms with van der Waals surface area (Å²) in [6, 6.07) is 4.16. The Bertz CT molecular complexity index is 471. The van der Waals surface area contributed by atoms with Crippen LogP contribution in [0.1, 0.15) is 63.9 Å². The molecule has 0 saturated heterocycles. The second-order valence-corrected chi connectivity index (χ2v) is 6.66. The molecule has 1 aliphatic carbocycles. The van der Waals surface area contributed by atoms with Gasteiger partial charge in [0, 0.05) is 0 Å². The van der Waals surface area contributed by atoms with E-state index < -0.39 is 11.6 Å². The molecule has 0 spiro atoms. The van der Waals surface area contributed by atoms with Gasteiger partial charge in [0.05, 0.1) is 0 Å². The summed E-state index contributed by atoms with van der Waals surface area (Å²) >= 11 is 0. The summed E-state index contributed by atoms with van der Waals surface area (Å²) in [5.74, 6) is 0.0859. The molecule has 0 N–H and O–H groups in total. The summed E-state index contributed by atoms with van der Waals surface area (Å²) in [4.78, 5) is 0. The SMILES string of the molecule is CCCCCC1CCC(/C=C/Cc2ccc(F)c(F)c2)CC1. The minimum absolute atomic E-state index is 0.674. The molecule has 1 fully saturated rings. The normalized spacial score (nSPS) is 22.3. The van der Waals surface area contributed by atoms with Gasteiger partial charge in [-0.2, -0.15) is 0 Å². The van der Waals surface area contributed by atoms with Crippen LogP contribution in [-0.4, -0.2) is 0 Å². The standard InChI is InChI=1S/C20H28F2/c1-2-3-4-6-16-9-11-17(12-10-16)7-5-8-18-13-14-19(21)20(22)15-18/h5,7,13-17H,2-4,6,8-12H2,1H3/b7-5+. The Labute approximate surface area is 133 Å². The van der Waals surface area contributed by atoms with Crippen LogP contribution < -0.4 is 0 Å². The Morgan fingerprint density at radius 2 is 1.82 bits per heavy atom. The number of unbranched alkanes of at least 4 members (excludes halogenated alkanes) is 2. The molecule has 0 bridgehead atoms. The molecule has 22 heavy (non-hydrogen) atoms. The topological polar surface area (TPSA) is 0 Å². The van der Waals surface area contributed by atoms with E-state index in [1.54, 1.807) is 6.07 Å². The van der Waals surface area contributed by atoms with Crippen molar-refractivity contribution in [2.24, 2.45) is 11.8 Å². The average molecular weight is 306 g/mol. The molecule has 0 amide bonds. The zero-order chi connectivity index (χ0) is 15.8. The lowest BCUT2D eigenvalue weighted by atomic mass is 9.79. The van der Waals surface area contributed by atoms with E-state index in [-0.39, 0.29) is 0 Å². The first-order chi connectivity index (χ1) is 10.7. The van der Waals surface area contributed by atoms with E-state index in [1.807, 2.05) is 0 Å². The molecular formula is C20H28F2. The average Bonchev–Trinajstić information content (AvgIpc) is 2.53. The summed E-state index contributed by atoms with van der Waals surface area (Å²) in [5.41, 5.74) is 0.836. The monoisotopic (exact) mass is 306 g/mol. The van der Waals surface area contributed by atoms with Gasteiger partial charge in [0.25, 0.3) is 0 Å². The highest BCUT2D eigenvalue weighted by Crippen LogP contribution is 2.32. The predicted molar refractivity (Wildman–Crippen MR) is 88.8 cm³/mol. The van der Waals surface area contributed by atoms with E-state index in [0.29, 0.717) is 12.3 Å². The summed E-state index contributed by atoms with van der Waals surface area (Å²) in [6.07, 6.45) is 15.8. The fourth-order valence-electron chi connectivity index (χ4n) is 3.42. The minimum atomic E-state index is -0.769. The van der Waals surface area contributed by atoms with Crippen LogP contribution in [0.3, 0.4) is 0 Å². The molecular weight excluding hydrogens is 278 g/mol. The Morgan fingerprint density at radius 3 is 2.50 bits per heavy atom. The number of hydrogen-bond donors (Lipinski definition) is 0. The summed E-state index contributed by atoms with van der Waals surface area (Å²) in [6.45, 7) is 2.26. The third kappa shape index (κ3) is 5.55. The quantitative estimate of drug-likeness (QED) is 0.401. The molecule has 122 valence electrons. The third-order valence-corrected chi connectivity index (χ3v) is 4.85. The lowest BCUT2D eigenvalue weighted by molar-refractivity contribution is 0.289. The zero-order valence-electron chi connectivity index (χ0n) is 13.7. The lowest BCUT2D eigenvalue weighted by Crippen LogP contribution is -2.13. The minimum Gasteiger partial charge on any atom is -0.204 e. The molecule has 0 unspecified atom stereocenters. The molecule has 1 aromatic rings.